The fourth-order valence-corrected chi connectivity index (χ4v) is 1.80. The number of phenolic OH excluding ortho intramolecular Hbond substituents is 3. The van der Waals surface area contributed by atoms with Gasteiger partial charge in [-0.25, -0.2) is 4.79 Å². The third kappa shape index (κ3) is 6.15. The van der Waals surface area contributed by atoms with Gasteiger partial charge in [0.15, 0.2) is 17.2 Å². The Kier molecular flexibility index (Phi) is 8.01. The van der Waals surface area contributed by atoms with E-state index < -0.39 is 23.2 Å². The normalized spacial score (nSPS) is 9.86. The Morgan fingerprint density at radius 1 is 1.05 bits per heavy atom. The number of unbranched alkanes of at least 4 members (excludes halogenated alkanes) is 3. The van der Waals surface area contributed by atoms with E-state index in [1.165, 1.54) is 0 Å². The molecule has 0 aliphatic rings. The molecule has 0 aromatic heterocycles. The number of carbonyl (C=O) groups excluding carboxylic acids is 1. The number of esters is 1. The van der Waals surface area contributed by atoms with Crippen LogP contribution in [0.25, 0.3) is 0 Å². The smallest absolute Gasteiger partial charge is 0.338 e. The van der Waals surface area contributed by atoms with Crippen molar-refractivity contribution in [3.05, 3.63) is 17.7 Å². The van der Waals surface area contributed by atoms with Gasteiger partial charge in [-0.2, -0.15) is 0 Å². The molecule has 6 heteroatoms. The lowest BCUT2D eigenvalue weighted by atomic mass is 10.2. The van der Waals surface area contributed by atoms with Gasteiger partial charge in [0.25, 0.3) is 0 Å². The number of alkyl halides is 1. The van der Waals surface area contributed by atoms with Crippen LogP contribution in [0.4, 0.5) is 0 Å². The zero-order valence-electron chi connectivity index (χ0n) is 12.1. The minimum absolute atomic E-state index is 0.0278. The van der Waals surface area contributed by atoms with E-state index in [0.29, 0.717) is 18.7 Å². The molecule has 0 bridgehead atoms. The Bertz CT molecular complexity index is 536. The van der Waals surface area contributed by atoms with Crippen LogP contribution in [0.2, 0.25) is 0 Å². The highest BCUT2D eigenvalue weighted by atomic mass is 35.5. The summed E-state index contributed by atoms with van der Waals surface area (Å²) >= 11 is 5.55. The summed E-state index contributed by atoms with van der Waals surface area (Å²) in [6, 6.07) is 2.07. The number of benzene rings is 1. The molecule has 120 valence electrons. The number of hydrogen-bond acceptors (Lipinski definition) is 5. The first-order chi connectivity index (χ1) is 10.6. The van der Waals surface area contributed by atoms with Crippen molar-refractivity contribution in [3.63, 3.8) is 0 Å². The molecular formula is C16H19ClO5. The summed E-state index contributed by atoms with van der Waals surface area (Å²) in [5, 5.41) is 27.8. The maximum absolute atomic E-state index is 11.7. The third-order valence-electron chi connectivity index (χ3n) is 2.80. The van der Waals surface area contributed by atoms with Crippen LogP contribution in [-0.2, 0) is 4.74 Å². The van der Waals surface area contributed by atoms with E-state index in [0.717, 1.165) is 31.4 Å². The van der Waals surface area contributed by atoms with Crippen LogP contribution >= 0.6 is 11.6 Å². The van der Waals surface area contributed by atoms with E-state index in [9.17, 15) is 20.1 Å². The van der Waals surface area contributed by atoms with E-state index in [1.807, 2.05) is 0 Å². The number of ether oxygens (including phenoxy) is 1. The molecule has 0 aliphatic heterocycles. The summed E-state index contributed by atoms with van der Waals surface area (Å²) in [5.74, 6) is 4.16. The van der Waals surface area contributed by atoms with Crippen LogP contribution in [0.3, 0.4) is 0 Å². The lowest BCUT2D eigenvalue weighted by molar-refractivity contribution is 0.0501. The number of hydrogen-bond donors (Lipinski definition) is 3. The minimum Gasteiger partial charge on any atom is -0.504 e. The minimum atomic E-state index is -0.680. The monoisotopic (exact) mass is 326 g/mol. The molecule has 0 radical (unpaired) electrons. The second kappa shape index (κ2) is 9.80. The fourth-order valence-electron chi connectivity index (χ4n) is 1.62. The summed E-state index contributed by atoms with van der Waals surface area (Å²) in [5.41, 5.74) is -0.0278. The number of carbonyl (C=O) groups is 1. The van der Waals surface area contributed by atoms with Crippen molar-refractivity contribution in [2.75, 3.05) is 12.5 Å². The molecule has 0 atom stereocenters. The Labute approximate surface area is 134 Å². The fraction of sp³-hybridized carbons (Fsp3) is 0.438. The maximum atomic E-state index is 11.7. The molecule has 0 unspecified atom stereocenters. The van der Waals surface area contributed by atoms with Crippen LogP contribution < -0.4 is 0 Å². The summed E-state index contributed by atoms with van der Waals surface area (Å²) in [6.45, 7) is 0.192. The van der Waals surface area contributed by atoms with Crippen molar-refractivity contribution in [2.24, 2.45) is 0 Å². The van der Waals surface area contributed by atoms with Gasteiger partial charge in [-0.15, -0.1) is 23.4 Å². The number of phenols is 3. The molecule has 0 spiro atoms. The predicted octanol–water partition coefficient (Wildman–Crippen LogP) is 3.15. The molecule has 0 saturated heterocycles. The first kappa shape index (κ1) is 18.0. The lowest BCUT2D eigenvalue weighted by Gasteiger charge is -2.06. The van der Waals surface area contributed by atoms with Crippen LogP contribution in [0, 0.1) is 11.8 Å². The molecule has 5 nitrogen and oxygen atoms in total. The number of rotatable bonds is 7. The van der Waals surface area contributed by atoms with Gasteiger partial charge in [0.2, 0.25) is 0 Å². The van der Waals surface area contributed by atoms with Crippen molar-refractivity contribution in [1.82, 2.24) is 0 Å². The molecule has 0 amide bonds. The van der Waals surface area contributed by atoms with E-state index in [-0.39, 0.29) is 12.2 Å². The van der Waals surface area contributed by atoms with Gasteiger partial charge in [0, 0.05) is 18.7 Å². The molecule has 0 fully saturated rings. The summed E-state index contributed by atoms with van der Waals surface area (Å²) in [4.78, 5) is 11.7. The van der Waals surface area contributed by atoms with Gasteiger partial charge in [-0.1, -0.05) is 0 Å². The van der Waals surface area contributed by atoms with Gasteiger partial charge in [0.05, 0.1) is 12.2 Å². The van der Waals surface area contributed by atoms with Gasteiger partial charge in [0.1, 0.15) is 0 Å². The number of halogens is 1. The van der Waals surface area contributed by atoms with Crippen LogP contribution in [0.5, 0.6) is 17.2 Å². The van der Waals surface area contributed by atoms with Crippen molar-refractivity contribution < 1.29 is 24.9 Å². The first-order valence-corrected chi connectivity index (χ1v) is 7.53. The topological polar surface area (TPSA) is 87.0 Å². The third-order valence-corrected chi connectivity index (χ3v) is 3.06. The van der Waals surface area contributed by atoms with Crippen LogP contribution in [-0.4, -0.2) is 33.8 Å². The van der Waals surface area contributed by atoms with E-state index in [4.69, 9.17) is 16.3 Å². The molecule has 1 aromatic rings. The Morgan fingerprint density at radius 2 is 1.64 bits per heavy atom. The highest BCUT2D eigenvalue weighted by Gasteiger charge is 2.14. The molecule has 0 heterocycles. The highest BCUT2D eigenvalue weighted by molar-refractivity contribution is 6.17. The Hall–Kier alpha value is -2.06. The first-order valence-electron chi connectivity index (χ1n) is 7.00. The standard InChI is InChI=1S/C16H19ClO5/c17-8-6-4-2-1-3-5-7-9-22-16(21)12-10-13(18)15(20)14(19)11-12/h10-11,18-20H,2,4-9H2. The quantitative estimate of drug-likeness (QED) is 0.235. The van der Waals surface area contributed by atoms with E-state index in [1.54, 1.807) is 0 Å². The van der Waals surface area contributed by atoms with Crippen molar-refractivity contribution in [3.8, 4) is 29.1 Å². The van der Waals surface area contributed by atoms with Crippen LogP contribution in [0.15, 0.2) is 12.1 Å². The molecule has 22 heavy (non-hydrogen) atoms. The van der Waals surface area contributed by atoms with Gasteiger partial charge < -0.3 is 20.1 Å². The summed E-state index contributed by atoms with van der Waals surface area (Å²) in [6.07, 6.45) is 3.99. The maximum Gasteiger partial charge on any atom is 0.338 e. The molecule has 0 saturated carbocycles. The number of aromatic hydroxyl groups is 3. The van der Waals surface area contributed by atoms with Crippen molar-refractivity contribution in [2.45, 2.75) is 32.1 Å². The largest absolute Gasteiger partial charge is 0.504 e. The average Bonchev–Trinajstić information content (AvgIpc) is 2.50. The molecule has 3 N–H and O–H groups in total. The zero-order valence-corrected chi connectivity index (χ0v) is 12.9. The van der Waals surface area contributed by atoms with Gasteiger partial charge in [-0.05, 0) is 31.4 Å². The van der Waals surface area contributed by atoms with E-state index in [2.05, 4.69) is 11.8 Å². The van der Waals surface area contributed by atoms with Crippen LogP contribution in [0.1, 0.15) is 42.5 Å². The Balaban J connectivity index is 2.29. The van der Waals surface area contributed by atoms with Crippen molar-refractivity contribution >= 4 is 17.6 Å². The summed E-state index contributed by atoms with van der Waals surface area (Å²) in [7, 11) is 0. The second-order valence-corrected chi connectivity index (χ2v) is 4.98. The SMILES string of the molecule is O=C(OCCCC#CCCCCCl)c1cc(O)c(O)c(O)c1. The lowest BCUT2D eigenvalue weighted by Crippen LogP contribution is -2.06. The summed E-state index contributed by atoms with van der Waals surface area (Å²) < 4.78 is 5.00. The van der Waals surface area contributed by atoms with E-state index >= 15 is 0 Å². The molecular weight excluding hydrogens is 308 g/mol. The van der Waals surface area contributed by atoms with Crippen molar-refractivity contribution in [1.29, 1.82) is 0 Å². The second-order valence-electron chi connectivity index (χ2n) is 4.60. The molecule has 1 rings (SSSR count). The average molecular weight is 327 g/mol. The Morgan fingerprint density at radius 3 is 2.23 bits per heavy atom. The van der Waals surface area contributed by atoms with Gasteiger partial charge in [-0.3, -0.25) is 0 Å². The highest BCUT2D eigenvalue weighted by Crippen LogP contribution is 2.35. The van der Waals surface area contributed by atoms with Gasteiger partial charge >= 0.3 is 5.97 Å². The molecule has 0 aliphatic carbocycles. The molecule has 1 aromatic carbocycles. The predicted molar refractivity (Wildman–Crippen MR) is 83.3 cm³/mol. The zero-order chi connectivity index (χ0) is 16.4.